The third kappa shape index (κ3) is 4.96. The predicted octanol–water partition coefficient (Wildman–Crippen LogP) is 12.3. The summed E-state index contributed by atoms with van der Waals surface area (Å²) in [6, 6.07) is 60.7. The van der Waals surface area contributed by atoms with Crippen LogP contribution in [-0.2, 0) is 5.41 Å². The number of fused-ring (bicyclic) bond motifs is 4. The first-order chi connectivity index (χ1) is 24.0. The maximum absolute atomic E-state index is 5.21. The minimum atomic E-state index is -0.0157. The number of aromatic nitrogens is 2. The first-order valence-corrected chi connectivity index (χ1v) is 16.9. The van der Waals surface area contributed by atoms with Gasteiger partial charge in [-0.25, -0.2) is 9.97 Å². The van der Waals surface area contributed by atoms with Crippen LogP contribution in [0, 0.1) is 0 Å². The molecular formula is C47H34N2. The summed E-state index contributed by atoms with van der Waals surface area (Å²) in [7, 11) is 0. The molecule has 2 nitrogen and oxygen atoms in total. The largest absolute Gasteiger partial charge is 0.228 e. The normalized spacial score (nSPS) is 12.9. The molecule has 0 atom stereocenters. The molecule has 0 aliphatic heterocycles. The molecule has 0 unspecified atom stereocenters. The summed E-state index contributed by atoms with van der Waals surface area (Å²) in [5, 5.41) is 2.38. The Labute approximate surface area is 287 Å². The summed E-state index contributed by atoms with van der Waals surface area (Å²) in [5.74, 6) is 0.714. The van der Waals surface area contributed by atoms with E-state index in [1.807, 2.05) is 18.2 Å². The molecule has 0 fully saturated rings. The first kappa shape index (κ1) is 29.1. The van der Waals surface area contributed by atoms with Crippen molar-refractivity contribution in [3.05, 3.63) is 181 Å². The standard InChI is InChI=1S/C47H34N2/c1-47(2)42-23-12-11-22-39(42)41-29-34(24-27-43(41)47)36-25-26-40(38-21-10-9-20-37(36)38)45-30-44(48-46(49-45)32-16-7-4-8-17-32)35-19-13-18-33(28-35)31-14-5-3-6-15-31/h3-30H,1-2H3. The molecule has 2 heteroatoms. The van der Waals surface area contributed by atoms with Gasteiger partial charge in [-0.15, -0.1) is 0 Å². The summed E-state index contributed by atoms with van der Waals surface area (Å²) in [5.41, 5.74) is 15.2. The van der Waals surface area contributed by atoms with Gasteiger partial charge in [0.25, 0.3) is 0 Å². The van der Waals surface area contributed by atoms with E-state index in [0.29, 0.717) is 5.82 Å². The first-order valence-electron chi connectivity index (χ1n) is 16.9. The molecule has 232 valence electrons. The zero-order chi connectivity index (χ0) is 33.0. The van der Waals surface area contributed by atoms with Crippen molar-refractivity contribution >= 4 is 10.8 Å². The van der Waals surface area contributed by atoms with Gasteiger partial charge in [0.1, 0.15) is 0 Å². The highest BCUT2D eigenvalue weighted by Gasteiger charge is 2.35. The smallest absolute Gasteiger partial charge is 0.160 e. The Morgan fingerprint density at radius 3 is 1.73 bits per heavy atom. The molecule has 8 aromatic rings. The van der Waals surface area contributed by atoms with Crippen molar-refractivity contribution in [1.82, 2.24) is 9.97 Å². The zero-order valence-electron chi connectivity index (χ0n) is 27.6. The third-order valence-corrected chi connectivity index (χ3v) is 10.1. The second-order valence-electron chi connectivity index (χ2n) is 13.4. The van der Waals surface area contributed by atoms with Crippen LogP contribution < -0.4 is 0 Å². The van der Waals surface area contributed by atoms with E-state index in [4.69, 9.17) is 9.97 Å². The van der Waals surface area contributed by atoms with Gasteiger partial charge in [-0.3, -0.25) is 0 Å². The number of benzene rings is 7. The summed E-state index contributed by atoms with van der Waals surface area (Å²) >= 11 is 0. The summed E-state index contributed by atoms with van der Waals surface area (Å²) in [4.78, 5) is 10.3. The quantitative estimate of drug-likeness (QED) is 0.190. The number of hydrogen-bond donors (Lipinski definition) is 0. The van der Waals surface area contributed by atoms with Gasteiger partial charge in [0.2, 0.25) is 0 Å². The molecule has 1 aliphatic rings. The van der Waals surface area contributed by atoms with E-state index in [1.165, 1.54) is 49.7 Å². The van der Waals surface area contributed by atoms with Crippen molar-refractivity contribution in [3.63, 3.8) is 0 Å². The molecule has 1 heterocycles. The van der Waals surface area contributed by atoms with Crippen molar-refractivity contribution in [2.45, 2.75) is 19.3 Å². The molecule has 0 saturated heterocycles. The summed E-state index contributed by atoms with van der Waals surface area (Å²) in [6.07, 6.45) is 0. The molecule has 1 aromatic heterocycles. The van der Waals surface area contributed by atoms with E-state index in [-0.39, 0.29) is 5.41 Å². The molecule has 0 bridgehead atoms. The van der Waals surface area contributed by atoms with E-state index >= 15 is 0 Å². The number of rotatable bonds is 5. The van der Waals surface area contributed by atoms with Gasteiger partial charge in [0.05, 0.1) is 11.4 Å². The second kappa shape index (κ2) is 11.5. The Hall–Kier alpha value is -6.12. The fourth-order valence-electron chi connectivity index (χ4n) is 7.60. The van der Waals surface area contributed by atoms with Crippen LogP contribution in [0.5, 0.6) is 0 Å². The maximum atomic E-state index is 5.21. The number of hydrogen-bond acceptors (Lipinski definition) is 2. The average Bonchev–Trinajstić information content (AvgIpc) is 3.40. The van der Waals surface area contributed by atoms with Crippen molar-refractivity contribution in [2.75, 3.05) is 0 Å². The monoisotopic (exact) mass is 626 g/mol. The predicted molar refractivity (Wildman–Crippen MR) is 204 cm³/mol. The highest BCUT2D eigenvalue weighted by molar-refractivity contribution is 6.05. The molecule has 0 N–H and O–H groups in total. The Balaban J connectivity index is 1.21. The fraction of sp³-hybridized carbons (Fsp3) is 0.0638. The fourth-order valence-corrected chi connectivity index (χ4v) is 7.60. The highest BCUT2D eigenvalue weighted by atomic mass is 14.9. The van der Waals surface area contributed by atoms with Crippen LogP contribution >= 0.6 is 0 Å². The molecule has 0 saturated carbocycles. The van der Waals surface area contributed by atoms with Gasteiger partial charge in [-0.05, 0) is 73.5 Å². The molecule has 0 radical (unpaired) electrons. The zero-order valence-corrected chi connectivity index (χ0v) is 27.6. The van der Waals surface area contributed by atoms with E-state index in [9.17, 15) is 0 Å². The minimum absolute atomic E-state index is 0.0157. The van der Waals surface area contributed by atoms with Gasteiger partial charge < -0.3 is 0 Å². The lowest BCUT2D eigenvalue weighted by molar-refractivity contribution is 0.660. The van der Waals surface area contributed by atoms with E-state index in [0.717, 1.165) is 33.6 Å². The van der Waals surface area contributed by atoms with Crippen LogP contribution in [-0.4, -0.2) is 9.97 Å². The van der Waals surface area contributed by atoms with Gasteiger partial charge in [-0.2, -0.15) is 0 Å². The van der Waals surface area contributed by atoms with Crippen LogP contribution in [0.3, 0.4) is 0 Å². The van der Waals surface area contributed by atoms with Gasteiger partial charge in [0, 0.05) is 22.1 Å². The van der Waals surface area contributed by atoms with E-state index in [2.05, 4.69) is 166 Å². The Kier molecular flexibility index (Phi) is 6.84. The summed E-state index contributed by atoms with van der Waals surface area (Å²) in [6.45, 7) is 4.66. The van der Waals surface area contributed by atoms with Crippen molar-refractivity contribution < 1.29 is 0 Å². The van der Waals surface area contributed by atoms with E-state index in [1.54, 1.807) is 0 Å². The lowest BCUT2D eigenvalue weighted by Gasteiger charge is -2.21. The van der Waals surface area contributed by atoms with Crippen molar-refractivity contribution in [2.24, 2.45) is 0 Å². The third-order valence-electron chi connectivity index (χ3n) is 10.1. The van der Waals surface area contributed by atoms with Gasteiger partial charge in [-0.1, -0.05) is 166 Å². The molecule has 1 aliphatic carbocycles. The summed E-state index contributed by atoms with van der Waals surface area (Å²) < 4.78 is 0. The van der Waals surface area contributed by atoms with Crippen LogP contribution in [0.15, 0.2) is 170 Å². The van der Waals surface area contributed by atoms with Crippen molar-refractivity contribution in [1.29, 1.82) is 0 Å². The highest BCUT2D eigenvalue weighted by Crippen LogP contribution is 2.50. The Bertz CT molecular complexity index is 2510. The van der Waals surface area contributed by atoms with Crippen molar-refractivity contribution in [3.8, 4) is 67.3 Å². The SMILES string of the molecule is CC1(C)c2ccccc2-c2cc(-c3ccc(-c4cc(-c5cccc(-c6ccccc6)c5)nc(-c5ccccc5)n4)c4ccccc34)ccc21. The lowest BCUT2D eigenvalue weighted by atomic mass is 9.82. The van der Waals surface area contributed by atoms with Gasteiger partial charge >= 0.3 is 0 Å². The molecule has 7 aromatic carbocycles. The lowest BCUT2D eigenvalue weighted by Crippen LogP contribution is -2.14. The van der Waals surface area contributed by atoms with Crippen LogP contribution in [0.25, 0.3) is 78.1 Å². The maximum Gasteiger partial charge on any atom is 0.160 e. The topological polar surface area (TPSA) is 25.8 Å². The number of nitrogens with zero attached hydrogens (tertiary/aromatic N) is 2. The van der Waals surface area contributed by atoms with Gasteiger partial charge in [0.15, 0.2) is 5.82 Å². The van der Waals surface area contributed by atoms with Crippen LogP contribution in [0.4, 0.5) is 0 Å². The molecule has 9 rings (SSSR count). The Morgan fingerprint density at radius 2 is 0.939 bits per heavy atom. The minimum Gasteiger partial charge on any atom is -0.228 e. The van der Waals surface area contributed by atoms with E-state index < -0.39 is 0 Å². The Morgan fingerprint density at radius 1 is 0.347 bits per heavy atom. The van der Waals surface area contributed by atoms with Crippen LogP contribution in [0.1, 0.15) is 25.0 Å². The molecule has 0 amide bonds. The second-order valence-corrected chi connectivity index (χ2v) is 13.4. The van der Waals surface area contributed by atoms with Crippen LogP contribution in [0.2, 0.25) is 0 Å². The molecule has 0 spiro atoms. The average molecular weight is 627 g/mol. The molecular weight excluding hydrogens is 593 g/mol. The molecule has 49 heavy (non-hydrogen) atoms.